The van der Waals surface area contributed by atoms with Crippen LogP contribution in [-0.4, -0.2) is 34.4 Å². The van der Waals surface area contributed by atoms with Crippen molar-refractivity contribution in [1.29, 1.82) is 0 Å². The molecule has 0 fully saturated rings. The molecule has 1 atom stereocenters. The standard InChI is InChI=1S/C12H15FO6S/c1-4-18-12(14)11(19-20(3,15)16)8-6-5-7-9(17-2)10(8)13/h5-7,11H,4H2,1-3H3. The van der Waals surface area contributed by atoms with Gasteiger partial charge in [-0.3, -0.25) is 0 Å². The van der Waals surface area contributed by atoms with Crippen LogP contribution in [0.3, 0.4) is 0 Å². The summed E-state index contributed by atoms with van der Waals surface area (Å²) in [6.07, 6.45) is -0.947. The van der Waals surface area contributed by atoms with E-state index in [1.807, 2.05) is 0 Å². The minimum atomic E-state index is -3.98. The van der Waals surface area contributed by atoms with E-state index >= 15 is 0 Å². The molecule has 0 bridgehead atoms. The highest BCUT2D eigenvalue weighted by molar-refractivity contribution is 7.86. The summed E-state index contributed by atoms with van der Waals surface area (Å²) in [5, 5.41) is 0. The molecule has 0 radical (unpaired) electrons. The Balaban J connectivity index is 3.26. The Labute approximate surface area is 116 Å². The third kappa shape index (κ3) is 4.17. The molecule has 1 unspecified atom stereocenters. The fourth-order valence-electron chi connectivity index (χ4n) is 1.50. The largest absolute Gasteiger partial charge is 0.494 e. The summed E-state index contributed by atoms with van der Waals surface area (Å²) in [7, 11) is -2.73. The van der Waals surface area contributed by atoms with Crippen LogP contribution in [0.25, 0.3) is 0 Å². The maximum atomic E-state index is 14.1. The summed E-state index contributed by atoms with van der Waals surface area (Å²) in [4.78, 5) is 11.8. The Morgan fingerprint density at radius 2 is 2.05 bits per heavy atom. The van der Waals surface area contributed by atoms with E-state index in [1.54, 1.807) is 0 Å². The highest BCUT2D eigenvalue weighted by Crippen LogP contribution is 2.29. The van der Waals surface area contributed by atoms with Gasteiger partial charge in [-0.05, 0) is 13.0 Å². The number of ether oxygens (including phenoxy) is 2. The Morgan fingerprint density at radius 3 is 2.55 bits per heavy atom. The smallest absolute Gasteiger partial charge is 0.341 e. The molecule has 0 saturated carbocycles. The highest BCUT2D eigenvalue weighted by Gasteiger charge is 2.30. The van der Waals surface area contributed by atoms with Gasteiger partial charge in [-0.2, -0.15) is 8.42 Å². The first-order valence-corrected chi connectivity index (χ1v) is 7.49. The van der Waals surface area contributed by atoms with Crippen LogP contribution in [0.15, 0.2) is 18.2 Å². The molecule has 0 aliphatic carbocycles. The van der Waals surface area contributed by atoms with Gasteiger partial charge in [-0.15, -0.1) is 0 Å². The molecule has 0 heterocycles. The van der Waals surface area contributed by atoms with Crippen molar-refractivity contribution in [3.05, 3.63) is 29.6 Å². The molecular formula is C12H15FO6S. The number of methoxy groups -OCH3 is 1. The molecule has 0 aliphatic rings. The van der Waals surface area contributed by atoms with Crippen molar-refractivity contribution in [2.45, 2.75) is 13.0 Å². The van der Waals surface area contributed by atoms with E-state index in [4.69, 9.17) is 9.47 Å². The quantitative estimate of drug-likeness (QED) is 0.584. The van der Waals surface area contributed by atoms with E-state index in [2.05, 4.69) is 4.18 Å². The molecule has 20 heavy (non-hydrogen) atoms. The molecular weight excluding hydrogens is 291 g/mol. The highest BCUT2D eigenvalue weighted by atomic mass is 32.2. The van der Waals surface area contributed by atoms with Crippen molar-refractivity contribution in [2.75, 3.05) is 20.0 Å². The first-order valence-electron chi connectivity index (χ1n) is 5.67. The Kier molecular flexibility index (Phi) is 5.46. The maximum Gasteiger partial charge on any atom is 0.341 e. The lowest BCUT2D eigenvalue weighted by Crippen LogP contribution is -2.22. The van der Waals surface area contributed by atoms with Crippen molar-refractivity contribution in [3.8, 4) is 5.75 Å². The van der Waals surface area contributed by atoms with Gasteiger partial charge in [-0.25, -0.2) is 13.4 Å². The second kappa shape index (κ2) is 6.67. The van der Waals surface area contributed by atoms with Gasteiger partial charge in [-0.1, -0.05) is 12.1 Å². The fraction of sp³-hybridized carbons (Fsp3) is 0.417. The predicted octanol–water partition coefficient (Wildman–Crippen LogP) is 1.41. The molecule has 0 aromatic heterocycles. The van der Waals surface area contributed by atoms with E-state index in [9.17, 15) is 17.6 Å². The monoisotopic (exact) mass is 306 g/mol. The number of halogens is 1. The third-order valence-corrected chi connectivity index (χ3v) is 2.81. The number of benzene rings is 1. The van der Waals surface area contributed by atoms with Crippen LogP contribution >= 0.6 is 0 Å². The van der Waals surface area contributed by atoms with Crippen molar-refractivity contribution in [1.82, 2.24) is 0 Å². The zero-order valence-corrected chi connectivity index (χ0v) is 12.1. The molecule has 0 N–H and O–H groups in total. The van der Waals surface area contributed by atoms with Gasteiger partial charge in [0.15, 0.2) is 11.6 Å². The van der Waals surface area contributed by atoms with E-state index < -0.39 is 28.0 Å². The minimum absolute atomic E-state index is 0.00798. The van der Waals surface area contributed by atoms with Gasteiger partial charge in [0.05, 0.1) is 20.0 Å². The van der Waals surface area contributed by atoms with E-state index in [-0.39, 0.29) is 17.9 Å². The van der Waals surface area contributed by atoms with Crippen molar-refractivity contribution < 1.29 is 31.3 Å². The lowest BCUT2D eigenvalue weighted by atomic mass is 10.1. The van der Waals surface area contributed by atoms with Crippen LogP contribution in [0.1, 0.15) is 18.6 Å². The van der Waals surface area contributed by atoms with Crippen LogP contribution in [0.5, 0.6) is 5.75 Å². The number of esters is 1. The average Bonchev–Trinajstić information content (AvgIpc) is 2.36. The summed E-state index contributed by atoms with van der Waals surface area (Å²) >= 11 is 0. The second-order valence-corrected chi connectivity index (χ2v) is 5.40. The van der Waals surface area contributed by atoms with Gasteiger partial charge in [0, 0.05) is 5.56 Å². The molecule has 1 rings (SSSR count). The van der Waals surface area contributed by atoms with Crippen LogP contribution < -0.4 is 4.74 Å². The van der Waals surface area contributed by atoms with Gasteiger partial charge < -0.3 is 9.47 Å². The Morgan fingerprint density at radius 1 is 1.40 bits per heavy atom. The van der Waals surface area contributed by atoms with Crippen molar-refractivity contribution in [3.63, 3.8) is 0 Å². The maximum absolute atomic E-state index is 14.1. The SMILES string of the molecule is CCOC(=O)C(OS(C)(=O)=O)c1cccc(OC)c1F. The number of hydrogen-bond donors (Lipinski definition) is 0. The van der Waals surface area contributed by atoms with Gasteiger partial charge >= 0.3 is 5.97 Å². The first kappa shape index (κ1) is 16.4. The summed E-state index contributed by atoms with van der Waals surface area (Å²) in [6.45, 7) is 1.55. The molecule has 0 saturated heterocycles. The number of carbonyl (C=O) groups is 1. The van der Waals surface area contributed by atoms with Crippen LogP contribution in [0.2, 0.25) is 0 Å². The molecule has 1 aromatic rings. The topological polar surface area (TPSA) is 78.9 Å². The molecule has 0 spiro atoms. The predicted molar refractivity (Wildman–Crippen MR) is 68.3 cm³/mol. The lowest BCUT2D eigenvalue weighted by Gasteiger charge is -2.16. The normalized spacial score (nSPS) is 12.8. The fourth-order valence-corrected chi connectivity index (χ4v) is 2.03. The molecule has 8 heteroatoms. The Bertz CT molecular complexity index is 584. The summed E-state index contributed by atoms with van der Waals surface area (Å²) in [6, 6.07) is 3.97. The van der Waals surface area contributed by atoms with Crippen molar-refractivity contribution in [2.24, 2.45) is 0 Å². The minimum Gasteiger partial charge on any atom is -0.494 e. The van der Waals surface area contributed by atoms with Crippen LogP contribution in [-0.2, 0) is 23.8 Å². The first-order chi connectivity index (χ1) is 9.30. The third-order valence-electron chi connectivity index (χ3n) is 2.27. The summed E-state index contributed by atoms with van der Waals surface area (Å²) < 4.78 is 50.6. The van der Waals surface area contributed by atoms with E-state index in [0.717, 1.165) is 6.26 Å². The summed E-state index contributed by atoms with van der Waals surface area (Å²) in [5.41, 5.74) is -0.270. The zero-order valence-electron chi connectivity index (χ0n) is 11.3. The van der Waals surface area contributed by atoms with E-state index in [1.165, 1.54) is 32.2 Å². The number of carbonyl (C=O) groups excluding carboxylic acids is 1. The number of hydrogen-bond acceptors (Lipinski definition) is 6. The lowest BCUT2D eigenvalue weighted by molar-refractivity contribution is -0.151. The molecule has 6 nitrogen and oxygen atoms in total. The van der Waals surface area contributed by atoms with Gasteiger partial charge in [0.2, 0.25) is 6.10 Å². The van der Waals surface area contributed by atoms with E-state index in [0.29, 0.717) is 0 Å². The van der Waals surface area contributed by atoms with Gasteiger partial charge in [0.25, 0.3) is 10.1 Å². The average molecular weight is 306 g/mol. The summed E-state index contributed by atoms with van der Waals surface area (Å²) in [5.74, 6) is -2.00. The molecule has 0 aliphatic heterocycles. The van der Waals surface area contributed by atoms with Crippen LogP contribution in [0.4, 0.5) is 4.39 Å². The number of rotatable bonds is 6. The second-order valence-electron chi connectivity index (χ2n) is 3.80. The van der Waals surface area contributed by atoms with Crippen molar-refractivity contribution >= 4 is 16.1 Å². The molecule has 112 valence electrons. The molecule has 1 aromatic carbocycles. The molecule has 0 amide bonds. The Hall–Kier alpha value is -1.67. The van der Waals surface area contributed by atoms with Gasteiger partial charge in [0.1, 0.15) is 0 Å². The van der Waals surface area contributed by atoms with Crippen LogP contribution in [0, 0.1) is 5.82 Å². The zero-order chi connectivity index (χ0) is 15.3.